The summed E-state index contributed by atoms with van der Waals surface area (Å²) in [6.07, 6.45) is 0. The predicted octanol–water partition coefficient (Wildman–Crippen LogP) is 2.93. The Balaban J connectivity index is 2.14. The number of carbonyl (C=O) groups is 1. The first-order valence-corrected chi connectivity index (χ1v) is 6.00. The van der Waals surface area contributed by atoms with E-state index in [9.17, 15) is 9.18 Å². The Labute approximate surface area is 115 Å². The molecule has 0 fully saturated rings. The molecule has 0 aliphatic heterocycles. The maximum Gasteiger partial charge on any atom is 0.339 e. The summed E-state index contributed by atoms with van der Waals surface area (Å²) in [5.41, 5.74) is 1.67. The van der Waals surface area contributed by atoms with Crippen molar-refractivity contribution in [2.24, 2.45) is 0 Å². The molecule has 0 saturated carbocycles. The lowest BCUT2D eigenvalue weighted by Crippen LogP contribution is -2.08. The van der Waals surface area contributed by atoms with Crippen LogP contribution in [0.4, 0.5) is 10.1 Å². The number of methoxy groups -OCH3 is 1. The molecule has 0 unspecified atom stereocenters. The highest BCUT2D eigenvalue weighted by molar-refractivity contribution is 5.95. The number of phenols is 1. The molecular formula is C15H14FNO3. The van der Waals surface area contributed by atoms with E-state index in [1.165, 1.54) is 19.2 Å². The van der Waals surface area contributed by atoms with Crippen molar-refractivity contribution in [3.05, 3.63) is 59.4 Å². The number of benzene rings is 2. The zero-order valence-electron chi connectivity index (χ0n) is 10.9. The highest BCUT2D eigenvalue weighted by Crippen LogP contribution is 2.19. The van der Waals surface area contributed by atoms with E-state index >= 15 is 0 Å². The monoisotopic (exact) mass is 275 g/mol. The minimum atomic E-state index is -0.675. The largest absolute Gasteiger partial charge is 0.505 e. The quantitative estimate of drug-likeness (QED) is 0.842. The Morgan fingerprint density at radius 1 is 1.30 bits per heavy atom. The van der Waals surface area contributed by atoms with E-state index in [0.717, 1.165) is 0 Å². The van der Waals surface area contributed by atoms with Crippen LogP contribution in [0.5, 0.6) is 5.75 Å². The summed E-state index contributed by atoms with van der Waals surface area (Å²) >= 11 is 0. The van der Waals surface area contributed by atoms with Crippen molar-refractivity contribution in [2.45, 2.75) is 6.54 Å². The minimum absolute atomic E-state index is 0.325. The van der Waals surface area contributed by atoms with Crippen molar-refractivity contribution in [2.75, 3.05) is 12.4 Å². The van der Waals surface area contributed by atoms with Crippen LogP contribution in [0.3, 0.4) is 0 Å². The van der Waals surface area contributed by atoms with E-state index in [1.54, 1.807) is 30.3 Å². The van der Waals surface area contributed by atoms with Crippen LogP contribution in [0.25, 0.3) is 0 Å². The Bertz CT molecular complexity index is 628. The van der Waals surface area contributed by atoms with Crippen molar-refractivity contribution in [1.29, 1.82) is 0 Å². The Hall–Kier alpha value is -2.56. The van der Waals surface area contributed by atoms with Gasteiger partial charge in [0.25, 0.3) is 0 Å². The number of para-hydroxylation sites is 1. The molecule has 20 heavy (non-hydrogen) atoms. The van der Waals surface area contributed by atoms with Gasteiger partial charge in [-0.15, -0.1) is 0 Å². The van der Waals surface area contributed by atoms with Crippen LogP contribution in [0.2, 0.25) is 0 Å². The summed E-state index contributed by atoms with van der Waals surface area (Å²) in [4.78, 5) is 11.6. The van der Waals surface area contributed by atoms with Crippen molar-refractivity contribution in [3.63, 3.8) is 0 Å². The first kappa shape index (κ1) is 13.9. The number of carbonyl (C=O) groups excluding carboxylic acids is 1. The summed E-state index contributed by atoms with van der Waals surface area (Å²) in [5, 5.41) is 12.2. The molecule has 104 valence electrons. The van der Waals surface area contributed by atoms with E-state index < -0.39 is 11.8 Å². The van der Waals surface area contributed by atoms with E-state index in [-0.39, 0.29) is 5.75 Å². The van der Waals surface area contributed by atoms with E-state index in [1.807, 2.05) is 0 Å². The lowest BCUT2D eigenvalue weighted by molar-refractivity contribution is 0.0602. The van der Waals surface area contributed by atoms with Crippen LogP contribution in [0.1, 0.15) is 15.9 Å². The first-order valence-electron chi connectivity index (χ1n) is 6.00. The number of nitrogens with one attached hydrogen (secondary N) is 1. The van der Waals surface area contributed by atoms with Gasteiger partial charge in [0.1, 0.15) is 0 Å². The maximum atomic E-state index is 13.2. The molecule has 0 aliphatic rings. The molecule has 0 aromatic heterocycles. The maximum absolute atomic E-state index is 13.2. The van der Waals surface area contributed by atoms with Gasteiger partial charge < -0.3 is 15.2 Å². The fourth-order valence-corrected chi connectivity index (χ4v) is 1.78. The van der Waals surface area contributed by atoms with Crippen molar-refractivity contribution in [3.8, 4) is 5.75 Å². The third-order valence-corrected chi connectivity index (χ3v) is 2.83. The SMILES string of the molecule is COC(=O)c1ccccc1NCc1ccc(O)c(F)c1. The molecule has 2 N–H and O–H groups in total. The number of hydrogen-bond acceptors (Lipinski definition) is 4. The molecule has 0 bridgehead atoms. The number of esters is 1. The van der Waals surface area contributed by atoms with Gasteiger partial charge in [0.2, 0.25) is 0 Å². The number of phenolic OH excluding ortho intramolecular Hbond substituents is 1. The minimum Gasteiger partial charge on any atom is -0.505 e. The van der Waals surface area contributed by atoms with Crippen LogP contribution in [0.15, 0.2) is 42.5 Å². The zero-order chi connectivity index (χ0) is 14.5. The fraction of sp³-hybridized carbons (Fsp3) is 0.133. The topological polar surface area (TPSA) is 58.6 Å². The summed E-state index contributed by atoms with van der Waals surface area (Å²) in [6.45, 7) is 0.325. The van der Waals surface area contributed by atoms with Crippen LogP contribution in [-0.4, -0.2) is 18.2 Å². The van der Waals surface area contributed by atoms with Gasteiger partial charge in [-0.25, -0.2) is 9.18 Å². The number of ether oxygens (including phenoxy) is 1. The fourth-order valence-electron chi connectivity index (χ4n) is 1.78. The van der Waals surface area contributed by atoms with Gasteiger partial charge in [-0.1, -0.05) is 18.2 Å². The molecular weight excluding hydrogens is 261 g/mol. The van der Waals surface area contributed by atoms with E-state index in [4.69, 9.17) is 9.84 Å². The molecule has 0 heterocycles. The number of anilines is 1. The zero-order valence-corrected chi connectivity index (χ0v) is 10.9. The van der Waals surface area contributed by atoms with Gasteiger partial charge in [-0.3, -0.25) is 0 Å². The highest BCUT2D eigenvalue weighted by atomic mass is 19.1. The Morgan fingerprint density at radius 2 is 2.05 bits per heavy atom. The van der Waals surface area contributed by atoms with Gasteiger partial charge in [-0.2, -0.15) is 0 Å². The molecule has 0 atom stereocenters. The van der Waals surface area contributed by atoms with Gasteiger partial charge in [0, 0.05) is 12.2 Å². The molecule has 0 spiro atoms. The Kier molecular flexibility index (Phi) is 4.20. The molecule has 0 aliphatic carbocycles. The normalized spacial score (nSPS) is 10.1. The molecule has 0 amide bonds. The lowest BCUT2D eigenvalue weighted by atomic mass is 10.1. The number of halogens is 1. The molecule has 2 rings (SSSR count). The average molecular weight is 275 g/mol. The molecule has 2 aromatic carbocycles. The van der Waals surface area contributed by atoms with Crippen molar-refractivity contribution in [1.82, 2.24) is 0 Å². The van der Waals surface area contributed by atoms with Crippen molar-refractivity contribution >= 4 is 11.7 Å². The van der Waals surface area contributed by atoms with Gasteiger partial charge in [-0.05, 0) is 29.8 Å². The van der Waals surface area contributed by atoms with Crippen LogP contribution >= 0.6 is 0 Å². The third kappa shape index (κ3) is 3.06. The number of aromatic hydroxyl groups is 1. The van der Waals surface area contributed by atoms with E-state index in [0.29, 0.717) is 23.4 Å². The summed E-state index contributed by atoms with van der Waals surface area (Å²) in [6, 6.07) is 11.0. The molecule has 2 aromatic rings. The van der Waals surface area contributed by atoms with Crippen molar-refractivity contribution < 1.29 is 19.0 Å². The van der Waals surface area contributed by atoms with Gasteiger partial charge >= 0.3 is 5.97 Å². The van der Waals surface area contributed by atoms with Gasteiger partial charge in [0.15, 0.2) is 11.6 Å². The predicted molar refractivity (Wildman–Crippen MR) is 73.2 cm³/mol. The molecule has 4 nitrogen and oxygen atoms in total. The number of rotatable bonds is 4. The van der Waals surface area contributed by atoms with Crippen LogP contribution < -0.4 is 5.32 Å². The molecule has 5 heteroatoms. The third-order valence-electron chi connectivity index (χ3n) is 2.83. The lowest BCUT2D eigenvalue weighted by Gasteiger charge is -2.11. The summed E-state index contributed by atoms with van der Waals surface area (Å²) < 4.78 is 17.9. The average Bonchev–Trinajstić information content (AvgIpc) is 2.48. The van der Waals surface area contributed by atoms with Crippen LogP contribution in [0, 0.1) is 5.82 Å². The summed E-state index contributed by atoms with van der Waals surface area (Å²) in [5.74, 6) is -1.50. The second-order valence-corrected chi connectivity index (χ2v) is 4.18. The second-order valence-electron chi connectivity index (χ2n) is 4.18. The van der Waals surface area contributed by atoms with E-state index in [2.05, 4.69) is 5.32 Å². The standard InChI is InChI=1S/C15H14FNO3/c1-20-15(19)11-4-2-3-5-13(11)17-9-10-6-7-14(18)12(16)8-10/h2-8,17-18H,9H2,1H3. The molecule has 0 radical (unpaired) electrons. The first-order chi connectivity index (χ1) is 9.61. The Morgan fingerprint density at radius 3 is 2.75 bits per heavy atom. The summed E-state index contributed by atoms with van der Waals surface area (Å²) in [7, 11) is 1.31. The highest BCUT2D eigenvalue weighted by Gasteiger charge is 2.10. The van der Waals surface area contributed by atoms with Gasteiger partial charge in [0.05, 0.1) is 12.7 Å². The second kappa shape index (κ2) is 6.06. The van der Waals surface area contributed by atoms with Crippen LogP contribution in [-0.2, 0) is 11.3 Å². The smallest absolute Gasteiger partial charge is 0.339 e. The number of hydrogen-bond donors (Lipinski definition) is 2. The molecule has 0 saturated heterocycles.